The summed E-state index contributed by atoms with van der Waals surface area (Å²) in [5.41, 5.74) is 8.54. The lowest BCUT2D eigenvalue weighted by atomic mass is 10.1. The SMILES string of the molecule is Nc1ccc(-c2csc(=O)n2CCN2CCCCC2)cc1. The Morgan fingerprint density at radius 2 is 1.76 bits per heavy atom. The van der Waals surface area contributed by atoms with Crippen LogP contribution in [-0.4, -0.2) is 29.1 Å². The number of nitrogen functional groups attached to an aromatic ring is 1. The normalized spacial score (nSPS) is 16.2. The van der Waals surface area contributed by atoms with E-state index in [2.05, 4.69) is 4.90 Å². The van der Waals surface area contributed by atoms with Crippen molar-refractivity contribution in [3.05, 3.63) is 39.3 Å². The lowest BCUT2D eigenvalue weighted by molar-refractivity contribution is 0.221. The molecule has 21 heavy (non-hydrogen) atoms. The molecule has 1 fully saturated rings. The lowest BCUT2D eigenvalue weighted by Gasteiger charge is -2.26. The first-order valence-corrected chi connectivity index (χ1v) is 8.38. The molecule has 5 heteroatoms. The predicted molar refractivity (Wildman–Crippen MR) is 88.7 cm³/mol. The lowest BCUT2D eigenvalue weighted by Crippen LogP contribution is -2.34. The summed E-state index contributed by atoms with van der Waals surface area (Å²) in [4.78, 5) is 14.7. The van der Waals surface area contributed by atoms with Crippen LogP contribution in [0.15, 0.2) is 34.4 Å². The number of piperidine rings is 1. The second kappa shape index (κ2) is 6.45. The van der Waals surface area contributed by atoms with Crippen LogP contribution >= 0.6 is 11.3 Å². The summed E-state index contributed by atoms with van der Waals surface area (Å²) < 4.78 is 1.89. The highest BCUT2D eigenvalue weighted by Gasteiger charge is 2.13. The second-order valence-corrected chi connectivity index (χ2v) is 6.38. The molecule has 2 aromatic rings. The number of nitrogens with zero attached hydrogens (tertiary/aromatic N) is 2. The third kappa shape index (κ3) is 3.36. The summed E-state index contributed by atoms with van der Waals surface area (Å²) in [7, 11) is 0. The molecule has 1 aliphatic heterocycles. The van der Waals surface area contributed by atoms with Gasteiger partial charge in [0.25, 0.3) is 0 Å². The van der Waals surface area contributed by atoms with Gasteiger partial charge in [-0.05, 0) is 43.6 Å². The van der Waals surface area contributed by atoms with Crippen LogP contribution in [0.4, 0.5) is 5.69 Å². The summed E-state index contributed by atoms with van der Waals surface area (Å²) in [5, 5.41) is 1.95. The Balaban J connectivity index is 1.77. The third-order valence-corrected chi connectivity index (χ3v) is 4.84. The van der Waals surface area contributed by atoms with Gasteiger partial charge in [0.05, 0.1) is 5.69 Å². The van der Waals surface area contributed by atoms with Gasteiger partial charge in [-0.2, -0.15) is 0 Å². The molecule has 2 heterocycles. The number of likely N-dealkylation sites (tertiary alicyclic amines) is 1. The van der Waals surface area contributed by atoms with Gasteiger partial charge < -0.3 is 10.6 Å². The Labute approximate surface area is 128 Å². The molecule has 0 spiro atoms. The fraction of sp³-hybridized carbons (Fsp3) is 0.438. The number of anilines is 1. The summed E-state index contributed by atoms with van der Waals surface area (Å²) in [6, 6.07) is 7.72. The standard InChI is InChI=1S/C16H21N3OS/c17-14-6-4-13(5-7-14)15-12-21-16(20)19(15)11-10-18-8-2-1-3-9-18/h4-7,12H,1-3,8-11,17H2. The largest absolute Gasteiger partial charge is 0.399 e. The maximum Gasteiger partial charge on any atom is 0.307 e. The number of rotatable bonds is 4. The molecule has 0 amide bonds. The van der Waals surface area contributed by atoms with Crippen molar-refractivity contribution < 1.29 is 0 Å². The number of hydrogen-bond acceptors (Lipinski definition) is 4. The highest BCUT2D eigenvalue weighted by Crippen LogP contribution is 2.21. The second-order valence-electron chi connectivity index (χ2n) is 5.56. The molecular weight excluding hydrogens is 282 g/mol. The Hall–Kier alpha value is -1.59. The molecule has 0 aliphatic carbocycles. The maximum atomic E-state index is 12.1. The van der Waals surface area contributed by atoms with Crippen molar-refractivity contribution in [1.82, 2.24) is 9.47 Å². The zero-order chi connectivity index (χ0) is 14.7. The Kier molecular flexibility index (Phi) is 4.41. The topological polar surface area (TPSA) is 51.3 Å². The van der Waals surface area contributed by atoms with Crippen LogP contribution in [-0.2, 0) is 6.54 Å². The van der Waals surface area contributed by atoms with E-state index in [0.29, 0.717) is 0 Å². The molecule has 2 N–H and O–H groups in total. The first-order valence-electron chi connectivity index (χ1n) is 7.50. The van der Waals surface area contributed by atoms with Gasteiger partial charge >= 0.3 is 4.87 Å². The van der Waals surface area contributed by atoms with Crippen LogP contribution in [0.25, 0.3) is 11.3 Å². The molecule has 1 aromatic carbocycles. The maximum absolute atomic E-state index is 12.1. The number of hydrogen-bond donors (Lipinski definition) is 1. The number of nitrogens with two attached hydrogens (primary N) is 1. The van der Waals surface area contributed by atoms with E-state index in [1.807, 2.05) is 34.2 Å². The zero-order valence-electron chi connectivity index (χ0n) is 12.1. The van der Waals surface area contributed by atoms with Crippen LogP contribution in [0.5, 0.6) is 0 Å². The molecule has 0 bridgehead atoms. The molecule has 3 rings (SSSR count). The molecule has 112 valence electrons. The van der Waals surface area contributed by atoms with E-state index in [0.717, 1.165) is 43.1 Å². The summed E-state index contributed by atoms with van der Waals surface area (Å²) in [6.07, 6.45) is 3.90. The van der Waals surface area contributed by atoms with E-state index < -0.39 is 0 Å². The highest BCUT2D eigenvalue weighted by molar-refractivity contribution is 7.07. The van der Waals surface area contributed by atoms with E-state index in [1.165, 1.54) is 30.6 Å². The van der Waals surface area contributed by atoms with Crippen molar-refractivity contribution in [2.45, 2.75) is 25.8 Å². The van der Waals surface area contributed by atoms with Crippen molar-refractivity contribution in [3.63, 3.8) is 0 Å². The Bertz CT molecular complexity index is 638. The van der Waals surface area contributed by atoms with Gasteiger partial charge in [0.1, 0.15) is 0 Å². The predicted octanol–water partition coefficient (Wildman–Crippen LogP) is 2.64. The number of benzene rings is 1. The fourth-order valence-electron chi connectivity index (χ4n) is 2.85. The van der Waals surface area contributed by atoms with E-state index in [-0.39, 0.29) is 4.87 Å². The van der Waals surface area contributed by atoms with Crippen molar-refractivity contribution in [2.75, 3.05) is 25.4 Å². The van der Waals surface area contributed by atoms with Crippen LogP contribution in [0.3, 0.4) is 0 Å². The van der Waals surface area contributed by atoms with Gasteiger partial charge in [0.2, 0.25) is 0 Å². The smallest absolute Gasteiger partial charge is 0.307 e. The minimum atomic E-state index is 0.124. The summed E-state index contributed by atoms with van der Waals surface area (Å²) in [5.74, 6) is 0. The van der Waals surface area contributed by atoms with Gasteiger partial charge in [-0.15, -0.1) is 0 Å². The number of thiazole rings is 1. The van der Waals surface area contributed by atoms with Crippen LogP contribution in [0, 0.1) is 0 Å². The van der Waals surface area contributed by atoms with Crippen LogP contribution < -0.4 is 10.6 Å². The van der Waals surface area contributed by atoms with Crippen LogP contribution in [0.1, 0.15) is 19.3 Å². The van der Waals surface area contributed by atoms with Crippen molar-refractivity contribution in [1.29, 1.82) is 0 Å². The van der Waals surface area contributed by atoms with Crippen molar-refractivity contribution >= 4 is 17.0 Å². The van der Waals surface area contributed by atoms with Gasteiger partial charge in [-0.3, -0.25) is 9.36 Å². The Morgan fingerprint density at radius 3 is 2.48 bits per heavy atom. The average molecular weight is 303 g/mol. The molecule has 1 aromatic heterocycles. The monoisotopic (exact) mass is 303 g/mol. The average Bonchev–Trinajstić information content (AvgIpc) is 2.88. The minimum Gasteiger partial charge on any atom is -0.399 e. The van der Waals surface area contributed by atoms with Crippen LogP contribution in [0.2, 0.25) is 0 Å². The number of aromatic nitrogens is 1. The fourth-order valence-corrected chi connectivity index (χ4v) is 3.64. The van der Waals surface area contributed by atoms with Crippen molar-refractivity contribution in [3.8, 4) is 11.3 Å². The third-order valence-electron chi connectivity index (χ3n) is 4.08. The van der Waals surface area contributed by atoms with Crippen molar-refractivity contribution in [2.24, 2.45) is 0 Å². The minimum absolute atomic E-state index is 0.124. The quantitative estimate of drug-likeness (QED) is 0.884. The van der Waals surface area contributed by atoms with E-state index in [1.54, 1.807) is 0 Å². The van der Waals surface area contributed by atoms with Gasteiger partial charge in [0.15, 0.2) is 0 Å². The van der Waals surface area contributed by atoms with E-state index in [4.69, 9.17) is 5.73 Å². The molecular formula is C16H21N3OS. The van der Waals surface area contributed by atoms with Gasteiger partial charge in [-0.1, -0.05) is 29.9 Å². The molecule has 0 radical (unpaired) electrons. The summed E-state index contributed by atoms with van der Waals surface area (Å²) in [6.45, 7) is 4.05. The molecule has 4 nitrogen and oxygen atoms in total. The Morgan fingerprint density at radius 1 is 1.05 bits per heavy atom. The molecule has 0 atom stereocenters. The molecule has 0 unspecified atom stereocenters. The zero-order valence-corrected chi connectivity index (χ0v) is 12.9. The first-order chi connectivity index (χ1) is 10.2. The van der Waals surface area contributed by atoms with Gasteiger partial charge in [0, 0.05) is 24.2 Å². The van der Waals surface area contributed by atoms with Gasteiger partial charge in [-0.25, -0.2) is 0 Å². The molecule has 1 aliphatic rings. The van der Waals surface area contributed by atoms with E-state index in [9.17, 15) is 4.79 Å². The first kappa shape index (κ1) is 14.4. The highest BCUT2D eigenvalue weighted by atomic mass is 32.1. The van der Waals surface area contributed by atoms with E-state index >= 15 is 0 Å². The summed E-state index contributed by atoms with van der Waals surface area (Å²) >= 11 is 1.27. The molecule has 0 saturated carbocycles. The molecule has 1 saturated heterocycles.